The van der Waals surface area contributed by atoms with Crippen molar-refractivity contribution in [3.8, 4) is 34.2 Å². The van der Waals surface area contributed by atoms with Crippen molar-refractivity contribution in [2.45, 2.75) is 9.79 Å². The Labute approximate surface area is 190 Å². The smallest absolute Gasteiger partial charge is 0.298 e. The molecule has 0 amide bonds. The highest BCUT2D eigenvalue weighted by Crippen LogP contribution is 2.32. The summed E-state index contributed by atoms with van der Waals surface area (Å²) in [6.45, 7) is 0.278. The van der Waals surface area contributed by atoms with Gasteiger partial charge in [-0.2, -0.15) is 0 Å². The second-order valence-corrected chi connectivity index (χ2v) is 8.69. The summed E-state index contributed by atoms with van der Waals surface area (Å²) in [5.41, 5.74) is 1.38. The fourth-order valence-corrected chi connectivity index (χ4v) is 4.74. The van der Waals surface area contributed by atoms with Gasteiger partial charge in [0.05, 0.1) is 30.2 Å². The zero-order chi connectivity index (χ0) is 23.4. The summed E-state index contributed by atoms with van der Waals surface area (Å²) in [5, 5.41) is 8.35. The molecule has 4 aromatic rings. The van der Waals surface area contributed by atoms with E-state index in [2.05, 4.69) is 10.3 Å². The topological polar surface area (TPSA) is 110 Å². The molecule has 1 heterocycles. The highest BCUT2D eigenvalue weighted by molar-refractivity contribution is 7.91. The molecule has 1 aromatic heterocycles. The van der Waals surface area contributed by atoms with Gasteiger partial charge < -0.3 is 14.2 Å². The van der Waals surface area contributed by atoms with Crippen LogP contribution in [0, 0.1) is 0 Å². The minimum Gasteiger partial charge on any atom is -0.497 e. The van der Waals surface area contributed by atoms with E-state index in [1.54, 1.807) is 49.7 Å². The lowest BCUT2D eigenvalue weighted by molar-refractivity contribution is -0.120. The van der Waals surface area contributed by atoms with Crippen molar-refractivity contribution in [1.29, 1.82) is 0 Å². The quantitative estimate of drug-likeness (QED) is 0.365. The van der Waals surface area contributed by atoms with E-state index in [9.17, 15) is 13.2 Å². The number of hydrogen-bond donors (Lipinski definition) is 0. The summed E-state index contributed by atoms with van der Waals surface area (Å²) in [7, 11) is -0.800. The van der Waals surface area contributed by atoms with Crippen LogP contribution in [-0.4, -0.2) is 44.1 Å². The van der Waals surface area contributed by atoms with Gasteiger partial charge in [0.25, 0.3) is 6.47 Å². The van der Waals surface area contributed by atoms with Gasteiger partial charge in [0.2, 0.25) is 9.84 Å². The number of sulfone groups is 1. The van der Waals surface area contributed by atoms with Crippen molar-refractivity contribution in [3.05, 3.63) is 72.9 Å². The molecule has 0 radical (unpaired) electrons. The lowest BCUT2D eigenvalue weighted by atomic mass is 10.2. The lowest BCUT2D eigenvalue weighted by Gasteiger charge is -2.10. The molecular formula is C23H19N3O6S. The summed E-state index contributed by atoms with van der Waals surface area (Å²) >= 11 is 0. The second kappa shape index (κ2) is 9.13. The van der Waals surface area contributed by atoms with Gasteiger partial charge in [0.15, 0.2) is 0 Å². The van der Waals surface area contributed by atoms with Crippen molar-refractivity contribution < 1.29 is 27.4 Å². The third-order valence-corrected chi connectivity index (χ3v) is 6.73. The number of methoxy groups -OCH3 is 2. The van der Waals surface area contributed by atoms with E-state index in [-0.39, 0.29) is 22.0 Å². The van der Waals surface area contributed by atoms with Crippen LogP contribution in [0.1, 0.15) is 0 Å². The first kappa shape index (κ1) is 22.0. The first-order valence-corrected chi connectivity index (χ1v) is 11.2. The van der Waals surface area contributed by atoms with Crippen molar-refractivity contribution >= 4 is 16.3 Å². The van der Waals surface area contributed by atoms with Crippen molar-refractivity contribution in [2.24, 2.45) is 0 Å². The van der Waals surface area contributed by atoms with E-state index >= 15 is 0 Å². The average Bonchev–Trinajstić information content (AvgIpc) is 3.34. The van der Waals surface area contributed by atoms with Crippen molar-refractivity contribution in [1.82, 2.24) is 15.0 Å². The molecule has 33 heavy (non-hydrogen) atoms. The molecule has 4 rings (SSSR count). The van der Waals surface area contributed by atoms with Gasteiger partial charge in [-0.3, -0.25) is 4.79 Å². The maximum absolute atomic E-state index is 13.3. The number of aromatic nitrogens is 3. The van der Waals surface area contributed by atoms with E-state index in [1.165, 1.54) is 42.1 Å². The maximum atomic E-state index is 13.3. The molecule has 0 N–H and O–H groups in total. The fraction of sp³-hybridized carbons (Fsp3) is 0.0870. The minimum atomic E-state index is -3.89. The molecular weight excluding hydrogens is 446 g/mol. The number of rotatable bonds is 8. The van der Waals surface area contributed by atoms with Gasteiger partial charge in [-0.25, -0.2) is 13.1 Å². The molecule has 0 unspecified atom stereocenters. The molecule has 3 aromatic carbocycles. The molecule has 0 bridgehead atoms. The monoisotopic (exact) mass is 465 g/mol. The molecule has 0 spiro atoms. The summed E-state index contributed by atoms with van der Waals surface area (Å²) < 4.78 is 43.6. The SMILES string of the molecule is COc1ccc(-n2cc(-c3ccccc3S(=O)(=O)c3ccc(OC=O)cc3)nn2)c(OC)c1. The van der Waals surface area contributed by atoms with E-state index < -0.39 is 9.84 Å². The van der Waals surface area contributed by atoms with E-state index in [4.69, 9.17) is 14.2 Å². The Balaban J connectivity index is 1.75. The first-order valence-electron chi connectivity index (χ1n) is 9.67. The van der Waals surface area contributed by atoms with Gasteiger partial charge in [-0.15, -0.1) is 5.10 Å². The average molecular weight is 465 g/mol. The van der Waals surface area contributed by atoms with Gasteiger partial charge in [0, 0.05) is 11.6 Å². The number of benzene rings is 3. The fourth-order valence-electron chi connectivity index (χ4n) is 3.27. The van der Waals surface area contributed by atoms with Gasteiger partial charge in [-0.1, -0.05) is 23.4 Å². The standard InChI is InChI=1S/C23H19N3O6S/c1-30-17-9-12-21(22(13-17)31-2)26-14-20(24-25-26)19-5-3-4-6-23(19)33(28,29)18-10-7-16(8-11-18)32-15-27/h3-15H,1-2H3. The minimum absolute atomic E-state index is 0.0532. The Morgan fingerprint density at radius 2 is 1.64 bits per heavy atom. The van der Waals surface area contributed by atoms with Crippen LogP contribution in [0.15, 0.2) is 82.7 Å². The van der Waals surface area contributed by atoms with Crippen LogP contribution in [0.5, 0.6) is 17.2 Å². The maximum Gasteiger partial charge on any atom is 0.298 e. The largest absolute Gasteiger partial charge is 0.497 e. The van der Waals surface area contributed by atoms with Crippen LogP contribution in [0.4, 0.5) is 0 Å². The van der Waals surface area contributed by atoms with E-state index in [1.807, 2.05) is 0 Å². The van der Waals surface area contributed by atoms with Crippen molar-refractivity contribution in [2.75, 3.05) is 14.2 Å². The number of ether oxygens (including phenoxy) is 3. The molecule has 9 nitrogen and oxygen atoms in total. The Hall–Kier alpha value is -4.18. The Bertz CT molecular complexity index is 1400. The van der Waals surface area contributed by atoms with Crippen LogP contribution in [0.25, 0.3) is 16.9 Å². The van der Waals surface area contributed by atoms with E-state index in [0.29, 0.717) is 28.4 Å². The summed E-state index contributed by atoms with van der Waals surface area (Å²) in [6.07, 6.45) is 1.62. The molecule has 0 fully saturated rings. The zero-order valence-corrected chi connectivity index (χ0v) is 18.5. The van der Waals surface area contributed by atoms with Gasteiger partial charge in [-0.05, 0) is 42.5 Å². The van der Waals surface area contributed by atoms with Gasteiger partial charge >= 0.3 is 0 Å². The number of carbonyl (C=O) groups is 1. The second-order valence-electron chi connectivity index (χ2n) is 6.77. The van der Waals surface area contributed by atoms with Crippen molar-refractivity contribution in [3.63, 3.8) is 0 Å². The zero-order valence-electron chi connectivity index (χ0n) is 17.7. The lowest BCUT2D eigenvalue weighted by Crippen LogP contribution is -2.04. The number of nitrogens with zero attached hydrogens (tertiary/aromatic N) is 3. The summed E-state index contributed by atoms with van der Waals surface area (Å²) in [6, 6.07) is 17.4. The highest BCUT2D eigenvalue weighted by atomic mass is 32.2. The Morgan fingerprint density at radius 1 is 0.909 bits per heavy atom. The van der Waals surface area contributed by atoms with Crippen LogP contribution in [0.2, 0.25) is 0 Å². The predicted molar refractivity (Wildman–Crippen MR) is 118 cm³/mol. The summed E-state index contributed by atoms with van der Waals surface area (Å²) in [5.74, 6) is 1.38. The molecule has 0 aliphatic heterocycles. The molecule has 0 saturated carbocycles. The van der Waals surface area contributed by atoms with Gasteiger partial charge in [0.1, 0.15) is 28.6 Å². The molecule has 10 heteroatoms. The molecule has 168 valence electrons. The first-order chi connectivity index (χ1) is 16.0. The molecule has 0 aliphatic carbocycles. The van der Waals surface area contributed by atoms with Crippen LogP contribution >= 0.6 is 0 Å². The number of hydrogen-bond acceptors (Lipinski definition) is 8. The third kappa shape index (κ3) is 4.28. The number of carbonyl (C=O) groups excluding carboxylic acids is 1. The van der Waals surface area contributed by atoms with E-state index in [0.717, 1.165) is 0 Å². The third-order valence-electron chi connectivity index (χ3n) is 4.90. The Morgan fingerprint density at radius 3 is 2.33 bits per heavy atom. The predicted octanol–water partition coefficient (Wildman–Crippen LogP) is 3.32. The van der Waals surface area contributed by atoms with Crippen LogP contribution < -0.4 is 14.2 Å². The van der Waals surface area contributed by atoms with Crippen LogP contribution in [0.3, 0.4) is 0 Å². The molecule has 0 atom stereocenters. The normalized spacial score (nSPS) is 11.1. The Kier molecular flexibility index (Phi) is 6.09. The molecule has 0 saturated heterocycles. The summed E-state index contributed by atoms with van der Waals surface area (Å²) in [4.78, 5) is 10.6. The molecule has 0 aliphatic rings. The van der Waals surface area contributed by atoms with Crippen LogP contribution in [-0.2, 0) is 14.6 Å². The highest BCUT2D eigenvalue weighted by Gasteiger charge is 2.23.